The van der Waals surface area contributed by atoms with E-state index in [9.17, 15) is 5.11 Å². The van der Waals surface area contributed by atoms with Crippen LogP contribution in [-0.2, 0) is 13.0 Å². The zero-order chi connectivity index (χ0) is 13.1. The molecule has 0 saturated carbocycles. The lowest BCUT2D eigenvalue weighted by molar-refractivity contribution is 0.158. The number of hydrogen-bond acceptors (Lipinski definition) is 3. The van der Waals surface area contributed by atoms with Gasteiger partial charge in [-0.15, -0.1) is 0 Å². The molecule has 0 amide bonds. The van der Waals surface area contributed by atoms with Gasteiger partial charge in [-0.25, -0.2) is 0 Å². The summed E-state index contributed by atoms with van der Waals surface area (Å²) in [6, 6.07) is 2.05. The first-order valence-electron chi connectivity index (χ1n) is 6.28. The van der Waals surface area contributed by atoms with E-state index < -0.39 is 0 Å². The number of rotatable bonds is 5. The van der Waals surface area contributed by atoms with E-state index in [4.69, 9.17) is 0 Å². The molecule has 0 aromatic carbocycles. The SMILES string of the molecule is CCn1nc(C)cc1CC(O)CNC(C)(C)C. The van der Waals surface area contributed by atoms with Crippen LogP contribution in [0.2, 0.25) is 0 Å². The molecular weight excluding hydrogens is 214 g/mol. The number of aliphatic hydroxyl groups excluding tert-OH is 1. The summed E-state index contributed by atoms with van der Waals surface area (Å²) in [5.41, 5.74) is 2.16. The first-order valence-corrected chi connectivity index (χ1v) is 6.28. The van der Waals surface area contributed by atoms with Gasteiger partial charge in [-0.1, -0.05) is 0 Å². The van der Waals surface area contributed by atoms with Crippen LogP contribution in [-0.4, -0.2) is 33.1 Å². The molecule has 98 valence electrons. The first-order chi connectivity index (χ1) is 7.81. The molecule has 2 N–H and O–H groups in total. The number of nitrogens with zero attached hydrogens (tertiary/aromatic N) is 2. The smallest absolute Gasteiger partial charge is 0.0719 e. The van der Waals surface area contributed by atoms with Gasteiger partial charge in [0.25, 0.3) is 0 Å². The highest BCUT2D eigenvalue weighted by Crippen LogP contribution is 2.07. The highest BCUT2D eigenvalue weighted by atomic mass is 16.3. The predicted molar refractivity (Wildman–Crippen MR) is 70.1 cm³/mol. The molecule has 0 spiro atoms. The minimum atomic E-state index is -0.365. The molecule has 4 nitrogen and oxygen atoms in total. The van der Waals surface area contributed by atoms with Crippen LogP contribution in [0, 0.1) is 6.92 Å². The molecule has 0 radical (unpaired) electrons. The van der Waals surface area contributed by atoms with Gasteiger partial charge in [-0.05, 0) is 40.7 Å². The maximum Gasteiger partial charge on any atom is 0.0719 e. The Bertz CT molecular complexity index is 352. The second-order valence-electron chi connectivity index (χ2n) is 5.58. The van der Waals surface area contributed by atoms with E-state index >= 15 is 0 Å². The van der Waals surface area contributed by atoms with Crippen molar-refractivity contribution in [2.75, 3.05) is 6.54 Å². The lowest BCUT2D eigenvalue weighted by Crippen LogP contribution is -2.41. The van der Waals surface area contributed by atoms with Crippen molar-refractivity contribution < 1.29 is 5.11 Å². The molecule has 1 atom stereocenters. The molecule has 1 rings (SSSR count). The van der Waals surface area contributed by atoms with Gasteiger partial charge in [-0.2, -0.15) is 5.10 Å². The van der Waals surface area contributed by atoms with E-state index in [0.29, 0.717) is 13.0 Å². The third-order valence-corrected chi connectivity index (χ3v) is 2.60. The molecule has 1 unspecified atom stereocenters. The molecule has 0 saturated heterocycles. The average molecular weight is 239 g/mol. The van der Waals surface area contributed by atoms with Crippen molar-refractivity contribution in [3.63, 3.8) is 0 Å². The lowest BCUT2D eigenvalue weighted by atomic mass is 10.1. The van der Waals surface area contributed by atoms with E-state index in [2.05, 4.69) is 38.1 Å². The van der Waals surface area contributed by atoms with Crippen LogP contribution in [0.4, 0.5) is 0 Å². The fourth-order valence-electron chi connectivity index (χ4n) is 1.77. The van der Waals surface area contributed by atoms with Crippen molar-refractivity contribution in [2.24, 2.45) is 0 Å². The van der Waals surface area contributed by atoms with Crippen LogP contribution in [0.3, 0.4) is 0 Å². The van der Waals surface area contributed by atoms with Gasteiger partial charge in [0.1, 0.15) is 0 Å². The minimum Gasteiger partial charge on any atom is -0.391 e. The lowest BCUT2D eigenvalue weighted by Gasteiger charge is -2.23. The van der Waals surface area contributed by atoms with E-state index in [-0.39, 0.29) is 11.6 Å². The Labute approximate surface area is 104 Å². The van der Waals surface area contributed by atoms with Gasteiger partial charge in [0.2, 0.25) is 0 Å². The first kappa shape index (κ1) is 14.2. The van der Waals surface area contributed by atoms with Crippen LogP contribution >= 0.6 is 0 Å². The average Bonchev–Trinajstić information content (AvgIpc) is 2.55. The van der Waals surface area contributed by atoms with Crippen molar-refractivity contribution >= 4 is 0 Å². The van der Waals surface area contributed by atoms with Crippen LogP contribution in [0.15, 0.2) is 6.07 Å². The standard InChI is InChI=1S/C13H25N3O/c1-6-16-11(7-10(2)15-16)8-12(17)9-14-13(3,4)5/h7,12,14,17H,6,8-9H2,1-5H3. The summed E-state index contributed by atoms with van der Waals surface area (Å²) >= 11 is 0. The third-order valence-electron chi connectivity index (χ3n) is 2.60. The van der Waals surface area contributed by atoms with E-state index in [1.54, 1.807) is 0 Å². The number of aryl methyl sites for hydroxylation is 2. The summed E-state index contributed by atoms with van der Waals surface area (Å²) in [5.74, 6) is 0. The summed E-state index contributed by atoms with van der Waals surface area (Å²) in [5, 5.41) is 17.7. The molecule has 1 aromatic rings. The Morgan fingerprint density at radius 2 is 2.12 bits per heavy atom. The summed E-state index contributed by atoms with van der Waals surface area (Å²) < 4.78 is 1.95. The van der Waals surface area contributed by atoms with Crippen LogP contribution < -0.4 is 5.32 Å². The van der Waals surface area contributed by atoms with Gasteiger partial charge in [0, 0.05) is 30.7 Å². The van der Waals surface area contributed by atoms with E-state index in [1.807, 2.05) is 17.7 Å². The fraction of sp³-hybridized carbons (Fsp3) is 0.769. The molecular formula is C13H25N3O. The molecule has 0 aliphatic rings. The Morgan fingerprint density at radius 1 is 1.47 bits per heavy atom. The van der Waals surface area contributed by atoms with Crippen LogP contribution in [0.25, 0.3) is 0 Å². The number of aliphatic hydroxyl groups is 1. The molecule has 0 aliphatic carbocycles. The van der Waals surface area contributed by atoms with Crippen LogP contribution in [0.5, 0.6) is 0 Å². The van der Waals surface area contributed by atoms with Crippen molar-refractivity contribution in [3.05, 3.63) is 17.5 Å². The molecule has 4 heteroatoms. The second kappa shape index (κ2) is 5.65. The predicted octanol–water partition coefficient (Wildman–Crippen LogP) is 1.50. The van der Waals surface area contributed by atoms with Crippen molar-refractivity contribution in [1.29, 1.82) is 0 Å². The second-order valence-corrected chi connectivity index (χ2v) is 5.58. The zero-order valence-corrected chi connectivity index (χ0v) is 11.6. The number of nitrogens with one attached hydrogen (secondary N) is 1. The van der Waals surface area contributed by atoms with E-state index in [0.717, 1.165) is 17.9 Å². The fourth-order valence-corrected chi connectivity index (χ4v) is 1.77. The van der Waals surface area contributed by atoms with Gasteiger partial charge < -0.3 is 10.4 Å². The number of aromatic nitrogens is 2. The molecule has 0 bridgehead atoms. The van der Waals surface area contributed by atoms with Gasteiger partial charge in [-0.3, -0.25) is 4.68 Å². The Balaban J connectivity index is 2.52. The van der Waals surface area contributed by atoms with Gasteiger partial charge in [0.15, 0.2) is 0 Å². The largest absolute Gasteiger partial charge is 0.391 e. The maximum absolute atomic E-state index is 9.99. The summed E-state index contributed by atoms with van der Waals surface area (Å²) in [6.45, 7) is 11.8. The summed E-state index contributed by atoms with van der Waals surface area (Å²) in [7, 11) is 0. The summed E-state index contributed by atoms with van der Waals surface area (Å²) in [4.78, 5) is 0. The molecule has 1 aromatic heterocycles. The highest BCUT2D eigenvalue weighted by Gasteiger charge is 2.14. The van der Waals surface area contributed by atoms with Crippen molar-refractivity contribution in [2.45, 2.75) is 59.2 Å². The maximum atomic E-state index is 9.99. The molecule has 0 fully saturated rings. The third kappa shape index (κ3) is 4.88. The van der Waals surface area contributed by atoms with Crippen LogP contribution in [0.1, 0.15) is 39.1 Å². The Hall–Kier alpha value is -0.870. The Kier molecular flexibility index (Phi) is 4.71. The van der Waals surface area contributed by atoms with Crippen molar-refractivity contribution in [3.8, 4) is 0 Å². The minimum absolute atomic E-state index is 0.0435. The van der Waals surface area contributed by atoms with Gasteiger partial charge >= 0.3 is 0 Å². The highest BCUT2D eigenvalue weighted by molar-refractivity contribution is 5.10. The number of β-amino-alcohol motifs (C(OH)–C–C–N with tert-alkyl or cyclic N) is 1. The Morgan fingerprint density at radius 3 is 2.65 bits per heavy atom. The summed E-state index contributed by atoms with van der Waals surface area (Å²) in [6.07, 6.45) is 0.285. The normalized spacial score (nSPS) is 14.0. The monoisotopic (exact) mass is 239 g/mol. The number of hydrogen-bond donors (Lipinski definition) is 2. The molecule has 0 aliphatic heterocycles. The quantitative estimate of drug-likeness (QED) is 0.819. The molecule has 17 heavy (non-hydrogen) atoms. The topological polar surface area (TPSA) is 50.1 Å². The molecule has 1 heterocycles. The van der Waals surface area contributed by atoms with Gasteiger partial charge in [0.05, 0.1) is 11.8 Å². The van der Waals surface area contributed by atoms with E-state index in [1.165, 1.54) is 0 Å². The zero-order valence-electron chi connectivity index (χ0n) is 11.6. The van der Waals surface area contributed by atoms with Crippen molar-refractivity contribution in [1.82, 2.24) is 15.1 Å².